The van der Waals surface area contributed by atoms with E-state index in [1.165, 1.54) is 5.56 Å². The van der Waals surface area contributed by atoms with Gasteiger partial charge in [-0.2, -0.15) is 0 Å². The first-order valence-electron chi connectivity index (χ1n) is 9.91. The molecule has 7 heteroatoms. The van der Waals surface area contributed by atoms with Gasteiger partial charge in [0, 0.05) is 44.1 Å². The van der Waals surface area contributed by atoms with Crippen molar-refractivity contribution in [2.24, 2.45) is 5.73 Å². The van der Waals surface area contributed by atoms with Gasteiger partial charge in [-0.25, -0.2) is 0 Å². The molecule has 0 aromatic heterocycles. The van der Waals surface area contributed by atoms with Crippen LogP contribution >= 0.6 is 0 Å². The summed E-state index contributed by atoms with van der Waals surface area (Å²) in [5.41, 5.74) is 8.65. The molecule has 1 atom stereocenters. The zero-order valence-corrected chi connectivity index (χ0v) is 16.5. The molecule has 1 fully saturated rings. The van der Waals surface area contributed by atoms with Crippen LogP contribution in [0.25, 0.3) is 0 Å². The van der Waals surface area contributed by atoms with Gasteiger partial charge in [0.2, 0.25) is 5.91 Å². The summed E-state index contributed by atoms with van der Waals surface area (Å²) in [6.45, 7) is 4.88. The fourth-order valence-corrected chi connectivity index (χ4v) is 3.46. The molecule has 7 nitrogen and oxygen atoms in total. The minimum absolute atomic E-state index is 0.392. The van der Waals surface area contributed by atoms with Crippen LogP contribution in [0.1, 0.15) is 12.0 Å². The SMILES string of the molecule is N[C@@H](CC(=O)O)C(=O)Nc1cccc(N2CCN(CCc3ccccc3)CC2)c1. The Kier molecular flexibility index (Phi) is 7.21. The number of rotatable bonds is 8. The average molecular weight is 396 g/mol. The number of carbonyl (C=O) groups is 2. The van der Waals surface area contributed by atoms with Crippen LogP contribution in [-0.4, -0.2) is 60.6 Å². The summed E-state index contributed by atoms with van der Waals surface area (Å²) in [5.74, 6) is -1.58. The molecule has 0 unspecified atom stereocenters. The summed E-state index contributed by atoms with van der Waals surface area (Å²) < 4.78 is 0. The van der Waals surface area contributed by atoms with Crippen LogP contribution in [-0.2, 0) is 16.0 Å². The number of carboxylic acids is 1. The van der Waals surface area contributed by atoms with Crippen LogP contribution in [0.3, 0.4) is 0 Å². The number of hydrogen-bond acceptors (Lipinski definition) is 5. The highest BCUT2D eigenvalue weighted by molar-refractivity contribution is 5.97. The van der Waals surface area contributed by atoms with Gasteiger partial charge in [-0.3, -0.25) is 14.5 Å². The van der Waals surface area contributed by atoms with Gasteiger partial charge in [0.05, 0.1) is 12.5 Å². The monoisotopic (exact) mass is 396 g/mol. The molecule has 1 aliphatic heterocycles. The summed E-state index contributed by atoms with van der Waals surface area (Å²) in [5, 5.41) is 11.5. The molecule has 0 radical (unpaired) electrons. The van der Waals surface area contributed by atoms with Crippen LogP contribution < -0.4 is 16.0 Å². The molecule has 0 saturated carbocycles. The Labute approximate surface area is 171 Å². The Hall–Kier alpha value is -2.90. The van der Waals surface area contributed by atoms with Crippen LogP contribution in [0.15, 0.2) is 54.6 Å². The minimum Gasteiger partial charge on any atom is -0.481 e. The number of carbonyl (C=O) groups excluding carboxylic acids is 1. The average Bonchev–Trinajstić information content (AvgIpc) is 2.73. The molecule has 0 spiro atoms. The van der Waals surface area contributed by atoms with E-state index < -0.39 is 24.3 Å². The second-order valence-corrected chi connectivity index (χ2v) is 7.31. The second-order valence-electron chi connectivity index (χ2n) is 7.31. The van der Waals surface area contributed by atoms with E-state index in [2.05, 4.69) is 39.4 Å². The molecule has 4 N–H and O–H groups in total. The number of nitrogens with one attached hydrogen (secondary N) is 1. The Morgan fingerprint density at radius 1 is 1.03 bits per heavy atom. The molecule has 1 saturated heterocycles. The molecule has 2 aromatic rings. The fraction of sp³-hybridized carbons (Fsp3) is 0.364. The molecule has 0 bridgehead atoms. The molecule has 2 aromatic carbocycles. The largest absolute Gasteiger partial charge is 0.481 e. The quantitative estimate of drug-likeness (QED) is 0.629. The summed E-state index contributed by atoms with van der Waals surface area (Å²) in [6, 6.07) is 17.1. The minimum atomic E-state index is -1.09. The highest BCUT2D eigenvalue weighted by Crippen LogP contribution is 2.21. The van der Waals surface area contributed by atoms with Gasteiger partial charge in [0.15, 0.2) is 0 Å². The van der Waals surface area contributed by atoms with Crippen LogP contribution in [0, 0.1) is 0 Å². The molecule has 1 aliphatic rings. The summed E-state index contributed by atoms with van der Waals surface area (Å²) in [4.78, 5) is 27.5. The van der Waals surface area contributed by atoms with Crippen LogP contribution in [0.2, 0.25) is 0 Å². The first-order chi connectivity index (χ1) is 14.0. The van der Waals surface area contributed by atoms with Crippen molar-refractivity contribution in [1.29, 1.82) is 0 Å². The predicted molar refractivity (Wildman–Crippen MR) is 114 cm³/mol. The van der Waals surface area contributed by atoms with Crippen LogP contribution in [0.4, 0.5) is 11.4 Å². The third kappa shape index (κ3) is 6.30. The Morgan fingerprint density at radius 2 is 1.76 bits per heavy atom. The van der Waals surface area contributed by atoms with E-state index in [9.17, 15) is 9.59 Å². The predicted octanol–water partition coefficient (Wildman–Crippen LogP) is 1.79. The van der Waals surface area contributed by atoms with Crippen molar-refractivity contribution in [3.05, 3.63) is 60.2 Å². The van der Waals surface area contributed by atoms with E-state index in [1.807, 2.05) is 24.3 Å². The van der Waals surface area contributed by atoms with E-state index in [-0.39, 0.29) is 0 Å². The van der Waals surface area contributed by atoms with Crippen LogP contribution in [0.5, 0.6) is 0 Å². The van der Waals surface area contributed by atoms with Gasteiger partial charge in [-0.15, -0.1) is 0 Å². The lowest BCUT2D eigenvalue weighted by Gasteiger charge is -2.36. The number of anilines is 2. The van der Waals surface area contributed by atoms with Crippen molar-refractivity contribution in [3.8, 4) is 0 Å². The third-order valence-electron chi connectivity index (χ3n) is 5.14. The fourth-order valence-electron chi connectivity index (χ4n) is 3.46. The standard InChI is InChI=1S/C22H28N4O3/c23-20(16-21(27)28)22(29)24-18-7-4-8-19(15-18)26-13-11-25(12-14-26)10-9-17-5-2-1-3-6-17/h1-8,15,20H,9-14,16,23H2,(H,24,29)(H,27,28)/t20-/m0/s1. The number of amides is 1. The summed E-state index contributed by atoms with van der Waals surface area (Å²) in [6.07, 6.45) is 0.662. The number of nitrogens with two attached hydrogens (primary N) is 1. The summed E-state index contributed by atoms with van der Waals surface area (Å²) in [7, 11) is 0. The molecular weight excluding hydrogens is 368 g/mol. The lowest BCUT2D eigenvalue weighted by Crippen LogP contribution is -2.47. The smallest absolute Gasteiger partial charge is 0.305 e. The Balaban J connectivity index is 1.50. The van der Waals surface area contributed by atoms with Crippen molar-refractivity contribution in [2.75, 3.05) is 42.9 Å². The molecular formula is C22H28N4O3. The highest BCUT2D eigenvalue weighted by atomic mass is 16.4. The third-order valence-corrected chi connectivity index (χ3v) is 5.14. The van der Waals surface area contributed by atoms with Crippen molar-refractivity contribution in [1.82, 2.24) is 4.90 Å². The van der Waals surface area contributed by atoms with Crippen molar-refractivity contribution in [2.45, 2.75) is 18.9 Å². The number of benzene rings is 2. The molecule has 3 rings (SSSR count). The maximum atomic E-state index is 12.0. The second kappa shape index (κ2) is 10.0. The number of nitrogens with zero attached hydrogens (tertiary/aromatic N) is 2. The molecule has 29 heavy (non-hydrogen) atoms. The van der Waals surface area contributed by atoms with Gasteiger partial charge in [-0.1, -0.05) is 36.4 Å². The first-order valence-corrected chi connectivity index (χ1v) is 9.91. The van der Waals surface area contributed by atoms with Crippen molar-refractivity contribution in [3.63, 3.8) is 0 Å². The summed E-state index contributed by atoms with van der Waals surface area (Å²) >= 11 is 0. The lowest BCUT2D eigenvalue weighted by atomic mass is 10.1. The molecule has 1 amide bonds. The van der Waals surface area contributed by atoms with E-state index in [0.29, 0.717) is 5.69 Å². The number of carboxylic acid groups (broad SMARTS) is 1. The number of hydrogen-bond donors (Lipinski definition) is 3. The molecule has 0 aliphatic carbocycles. The van der Waals surface area contributed by atoms with Gasteiger partial charge < -0.3 is 21.1 Å². The lowest BCUT2D eigenvalue weighted by molar-refractivity contribution is -0.138. The van der Waals surface area contributed by atoms with E-state index in [4.69, 9.17) is 10.8 Å². The van der Waals surface area contributed by atoms with Crippen molar-refractivity contribution < 1.29 is 14.7 Å². The molecule has 1 heterocycles. The van der Waals surface area contributed by atoms with Gasteiger partial charge >= 0.3 is 5.97 Å². The van der Waals surface area contributed by atoms with E-state index in [0.717, 1.165) is 44.8 Å². The Bertz CT molecular complexity index is 820. The first kappa shape index (κ1) is 20.8. The van der Waals surface area contributed by atoms with Crippen molar-refractivity contribution >= 4 is 23.3 Å². The maximum absolute atomic E-state index is 12.0. The van der Waals surface area contributed by atoms with E-state index >= 15 is 0 Å². The number of piperazine rings is 1. The highest BCUT2D eigenvalue weighted by Gasteiger charge is 2.19. The van der Waals surface area contributed by atoms with Gasteiger partial charge in [0.25, 0.3) is 0 Å². The zero-order valence-electron chi connectivity index (χ0n) is 16.5. The normalized spacial score (nSPS) is 15.7. The van der Waals surface area contributed by atoms with E-state index in [1.54, 1.807) is 6.07 Å². The van der Waals surface area contributed by atoms with Gasteiger partial charge in [0.1, 0.15) is 0 Å². The Morgan fingerprint density at radius 3 is 2.45 bits per heavy atom. The molecule has 154 valence electrons. The topological polar surface area (TPSA) is 98.9 Å². The zero-order chi connectivity index (χ0) is 20.6. The number of aliphatic carboxylic acids is 1. The maximum Gasteiger partial charge on any atom is 0.305 e. The van der Waals surface area contributed by atoms with Gasteiger partial charge in [-0.05, 0) is 30.2 Å².